The summed E-state index contributed by atoms with van der Waals surface area (Å²) in [7, 11) is 0. The highest BCUT2D eigenvalue weighted by molar-refractivity contribution is 5.78. The fraction of sp³-hybridized carbons (Fsp3) is 0.591. The van der Waals surface area contributed by atoms with E-state index in [0.717, 1.165) is 63.2 Å². The fourth-order valence-electron chi connectivity index (χ4n) is 4.16. The number of rotatable bonds is 5. The van der Waals surface area contributed by atoms with Gasteiger partial charge in [-0.2, -0.15) is 4.98 Å². The summed E-state index contributed by atoms with van der Waals surface area (Å²) >= 11 is 0. The zero-order chi connectivity index (χ0) is 20.1. The predicted molar refractivity (Wildman–Crippen MR) is 111 cm³/mol. The van der Waals surface area contributed by atoms with Crippen LogP contribution in [0.3, 0.4) is 0 Å². The van der Waals surface area contributed by atoms with Crippen LogP contribution in [-0.2, 0) is 11.3 Å². The lowest BCUT2D eigenvalue weighted by atomic mass is 10.1. The Morgan fingerprint density at radius 3 is 2.38 bits per heavy atom. The zero-order valence-corrected chi connectivity index (χ0v) is 17.3. The lowest BCUT2D eigenvalue weighted by Gasteiger charge is -2.34. The van der Waals surface area contributed by atoms with E-state index in [1.165, 1.54) is 12.8 Å². The first-order valence-corrected chi connectivity index (χ1v) is 10.8. The third-order valence-corrected chi connectivity index (χ3v) is 6.00. The molecule has 0 unspecified atom stereocenters. The Balaban J connectivity index is 1.25. The molecule has 156 valence electrons. The fourth-order valence-corrected chi connectivity index (χ4v) is 4.16. The van der Waals surface area contributed by atoms with Crippen molar-refractivity contribution in [1.82, 2.24) is 24.8 Å². The third-order valence-electron chi connectivity index (χ3n) is 6.00. The summed E-state index contributed by atoms with van der Waals surface area (Å²) in [5, 5.41) is 4.15. The van der Waals surface area contributed by atoms with E-state index in [-0.39, 0.29) is 0 Å². The normalized spacial score (nSPS) is 19.3. The van der Waals surface area contributed by atoms with Crippen molar-refractivity contribution in [3.8, 4) is 11.4 Å². The smallest absolute Gasteiger partial charge is 0.241 e. The lowest BCUT2D eigenvalue weighted by Crippen LogP contribution is -2.49. The Morgan fingerprint density at radius 1 is 0.966 bits per heavy atom. The molecular weight excluding hydrogens is 366 g/mol. The minimum atomic E-state index is 0.292. The van der Waals surface area contributed by atoms with Crippen molar-refractivity contribution in [3.63, 3.8) is 0 Å². The zero-order valence-electron chi connectivity index (χ0n) is 17.3. The van der Waals surface area contributed by atoms with Gasteiger partial charge >= 0.3 is 0 Å². The summed E-state index contributed by atoms with van der Waals surface area (Å²) < 4.78 is 5.48. The van der Waals surface area contributed by atoms with Crippen LogP contribution in [0.2, 0.25) is 0 Å². The van der Waals surface area contributed by atoms with Crippen LogP contribution >= 0.6 is 0 Å². The van der Waals surface area contributed by atoms with E-state index in [9.17, 15) is 4.79 Å². The van der Waals surface area contributed by atoms with Crippen LogP contribution in [0.4, 0.5) is 0 Å². The molecular formula is C22H31N5O2. The van der Waals surface area contributed by atoms with Gasteiger partial charge in [0.15, 0.2) is 0 Å². The molecule has 0 atom stereocenters. The van der Waals surface area contributed by atoms with Gasteiger partial charge in [-0.05, 0) is 25.3 Å². The van der Waals surface area contributed by atoms with E-state index >= 15 is 0 Å². The number of aromatic nitrogens is 2. The number of piperazine rings is 1. The van der Waals surface area contributed by atoms with Gasteiger partial charge in [-0.3, -0.25) is 14.6 Å². The average Bonchev–Trinajstić information content (AvgIpc) is 3.01. The van der Waals surface area contributed by atoms with Crippen LogP contribution in [0.5, 0.6) is 0 Å². The lowest BCUT2D eigenvalue weighted by molar-refractivity contribution is -0.132. The van der Waals surface area contributed by atoms with Crippen LogP contribution in [0.25, 0.3) is 11.4 Å². The number of amides is 1. The monoisotopic (exact) mass is 397 g/mol. The molecule has 29 heavy (non-hydrogen) atoms. The van der Waals surface area contributed by atoms with Crippen molar-refractivity contribution in [1.29, 1.82) is 0 Å². The van der Waals surface area contributed by atoms with Crippen LogP contribution in [0.1, 0.15) is 37.1 Å². The van der Waals surface area contributed by atoms with Gasteiger partial charge in [0.2, 0.25) is 17.6 Å². The van der Waals surface area contributed by atoms with E-state index in [2.05, 4.69) is 37.8 Å². The first kappa shape index (κ1) is 20.0. The highest BCUT2D eigenvalue weighted by Crippen LogP contribution is 2.20. The molecule has 7 nitrogen and oxygen atoms in total. The Morgan fingerprint density at radius 2 is 1.66 bits per heavy atom. The molecule has 7 heteroatoms. The second-order valence-corrected chi connectivity index (χ2v) is 8.17. The maximum atomic E-state index is 12.6. The van der Waals surface area contributed by atoms with Crippen molar-refractivity contribution in [3.05, 3.63) is 35.7 Å². The van der Waals surface area contributed by atoms with Crippen LogP contribution in [0, 0.1) is 6.92 Å². The molecule has 0 bridgehead atoms. The highest BCUT2D eigenvalue weighted by atomic mass is 16.5. The van der Waals surface area contributed by atoms with Crippen molar-refractivity contribution >= 4 is 5.91 Å². The summed E-state index contributed by atoms with van der Waals surface area (Å²) in [4.78, 5) is 23.8. The number of carbonyl (C=O) groups excluding carboxylic acids is 1. The number of hydrogen-bond donors (Lipinski definition) is 0. The summed E-state index contributed by atoms with van der Waals surface area (Å²) in [6, 6.07) is 8.07. The second kappa shape index (κ2) is 9.50. The molecule has 2 saturated heterocycles. The molecule has 1 aromatic carbocycles. The number of benzene rings is 1. The molecule has 0 spiro atoms. The van der Waals surface area contributed by atoms with E-state index in [4.69, 9.17) is 4.52 Å². The molecule has 2 aliphatic heterocycles. The maximum absolute atomic E-state index is 12.6. The summed E-state index contributed by atoms with van der Waals surface area (Å²) in [6.07, 6.45) is 4.80. The Labute approximate surface area is 172 Å². The van der Waals surface area contributed by atoms with Gasteiger partial charge in [-0.25, -0.2) is 0 Å². The van der Waals surface area contributed by atoms with Gasteiger partial charge < -0.3 is 9.42 Å². The van der Waals surface area contributed by atoms with Crippen LogP contribution in [-0.4, -0.2) is 76.6 Å². The molecule has 2 aromatic rings. The Bertz CT molecular complexity index is 805. The van der Waals surface area contributed by atoms with Gasteiger partial charge in [0.05, 0.1) is 13.1 Å². The number of likely N-dealkylation sites (tertiary alicyclic amines) is 1. The topological polar surface area (TPSA) is 65.7 Å². The molecule has 0 N–H and O–H groups in total. The minimum absolute atomic E-state index is 0.292. The summed E-state index contributed by atoms with van der Waals surface area (Å²) in [5.74, 6) is 1.59. The van der Waals surface area contributed by atoms with E-state index < -0.39 is 0 Å². The highest BCUT2D eigenvalue weighted by Gasteiger charge is 2.23. The summed E-state index contributed by atoms with van der Waals surface area (Å²) in [6.45, 7) is 8.75. The summed E-state index contributed by atoms with van der Waals surface area (Å²) in [5.41, 5.74) is 2.15. The van der Waals surface area contributed by atoms with Crippen molar-refractivity contribution in [2.45, 2.75) is 39.2 Å². The van der Waals surface area contributed by atoms with Gasteiger partial charge in [0.1, 0.15) is 0 Å². The molecule has 3 heterocycles. The van der Waals surface area contributed by atoms with Gasteiger partial charge in [-0.1, -0.05) is 42.3 Å². The number of aryl methyl sites for hydroxylation is 1. The number of nitrogens with zero attached hydrogens (tertiary/aromatic N) is 5. The standard InChI is InChI=1S/C22H31N5O2/c1-18-8-4-5-9-19(18)22-23-20(29-24-22)16-25-12-14-26(15-13-25)17-21(28)27-10-6-2-3-7-11-27/h4-5,8-9H,2-3,6-7,10-17H2,1H3. The quantitative estimate of drug-likeness (QED) is 0.773. The largest absolute Gasteiger partial charge is 0.342 e. The Hall–Kier alpha value is -2.25. The molecule has 4 rings (SSSR count). The molecule has 0 radical (unpaired) electrons. The van der Waals surface area contributed by atoms with Crippen molar-refractivity contribution < 1.29 is 9.32 Å². The van der Waals surface area contributed by atoms with E-state index in [1.54, 1.807) is 0 Å². The maximum Gasteiger partial charge on any atom is 0.241 e. The van der Waals surface area contributed by atoms with E-state index in [0.29, 0.717) is 30.7 Å². The molecule has 0 saturated carbocycles. The average molecular weight is 398 g/mol. The minimum Gasteiger partial charge on any atom is -0.342 e. The number of carbonyl (C=O) groups is 1. The first-order valence-electron chi connectivity index (χ1n) is 10.8. The predicted octanol–water partition coefficient (Wildman–Crippen LogP) is 2.57. The van der Waals surface area contributed by atoms with Crippen LogP contribution in [0.15, 0.2) is 28.8 Å². The van der Waals surface area contributed by atoms with Crippen molar-refractivity contribution in [2.75, 3.05) is 45.8 Å². The molecule has 1 amide bonds. The Kier molecular flexibility index (Phi) is 6.56. The molecule has 1 aromatic heterocycles. The number of hydrogen-bond acceptors (Lipinski definition) is 6. The molecule has 2 aliphatic rings. The third kappa shape index (κ3) is 5.22. The van der Waals surface area contributed by atoms with E-state index in [1.807, 2.05) is 18.2 Å². The van der Waals surface area contributed by atoms with Crippen LogP contribution < -0.4 is 0 Å². The SMILES string of the molecule is Cc1ccccc1-c1noc(CN2CCN(CC(=O)N3CCCCCC3)CC2)n1. The second-order valence-electron chi connectivity index (χ2n) is 8.17. The molecule has 2 fully saturated rings. The van der Waals surface area contributed by atoms with Gasteiger partial charge in [0, 0.05) is 44.8 Å². The van der Waals surface area contributed by atoms with Gasteiger partial charge in [0.25, 0.3) is 0 Å². The molecule has 0 aliphatic carbocycles. The first-order chi connectivity index (χ1) is 14.2. The van der Waals surface area contributed by atoms with Crippen molar-refractivity contribution in [2.24, 2.45) is 0 Å². The van der Waals surface area contributed by atoms with Gasteiger partial charge in [-0.15, -0.1) is 0 Å².